The van der Waals surface area contributed by atoms with E-state index < -0.39 is 0 Å². The standard InChI is InChI=1S/C15H20Cl2N2OS/c16-12-5-11(6-13(17)7-12)14(19-18)10-1-3-20-15(8-10)2-4-21-9-15/h5-7,10,14,19H,1-4,8-9,18H2. The molecule has 0 aromatic heterocycles. The van der Waals surface area contributed by atoms with Crippen molar-refractivity contribution >= 4 is 35.0 Å². The van der Waals surface area contributed by atoms with Crippen LogP contribution in [0, 0.1) is 5.92 Å². The van der Waals surface area contributed by atoms with Gasteiger partial charge in [0.05, 0.1) is 5.60 Å². The van der Waals surface area contributed by atoms with Gasteiger partial charge in [-0.25, -0.2) is 0 Å². The van der Waals surface area contributed by atoms with E-state index in [1.54, 1.807) is 6.07 Å². The predicted octanol–water partition coefficient (Wildman–Crippen LogP) is 3.80. The number of hydrazine groups is 1. The lowest BCUT2D eigenvalue weighted by molar-refractivity contribution is -0.0854. The Bertz CT molecular complexity index is 488. The molecule has 21 heavy (non-hydrogen) atoms. The van der Waals surface area contributed by atoms with Gasteiger partial charge in [0.25, 0.3) is 0 Å². The van der Waals surface area contributed by atoms with E-state index >= 15 is 0 Å². The highest BCUT2D eigenvalue weighted by Gasteiger charge is 2.42. The van der Waals surface area contributed by atoms with E-state index in [0.717, 1.165) is 37.2 Å². The highest BCUT2D eigenvalue weighted by Crippen LogP contribution is 2.44. The van der Waals surface area contributed by atoms with Gasteiger partial charge in [-0.3, -0.25) is 11.3 Å². The first-order chi connectivity index (χ1) is 10.1. The summed E-state index contributed by atoms with van der Waals surface area (Å²) in [4.78, 5) is 0. The van der Waals surface area contributed by atoms with Crippen molar-refractivity contribution in [1.82, 2.24) is 5.43 Å². The highest BCUT2D eigenvalue weighted by atomic mass is 35.5. The summed E-state index contributed by atoms with van der Waals surface area (Å²) in [6.45, 7) is 0.803. The normalized spacial score (nSPS) is 30.7. The number of ether oxygens (including phenoxy) is 1. The zero-order valence-corrected chi connectivity index (χ0v) is 14.1. The summed E-state index contributed by atoms with van der Waals surface area (Å²) >= 11 is 14.2. The van der Waals surface area contributed by atoms with Crippen LogP contribution in [0.3, 0.4) is 0 Å². The second kappa shape index (κ2) is 6.65. The summed E-state index contributed by atoms with van der Waals surface area (Å²) in [6.07, 6.45) is 3.19. The Labute approximate surface area is 139 Å². The van der Waals surface area contributed by atoms with Crippen molar-refractivity contribution in [3.63, 3.8) is 0 Å². The van der Waals surface area contributed by atoms with Gasteiger partial charge in [0.1, 0.15) is 0 Å². The summed E-state index contributed by atoms with van der Waals surface area (Å²) in [5, 5.41) is 1.30. The first-order valence-corrected chi connectivity index (χ1v) is 9.17. The maximum absolute atomic E-state index is 6.13. The molecule has 0 amide bonds. The van der Waals surface area contributed by atoms with Crippen LogP contribution in [0.1, 0.15) is 30.9 Å². The van der Waals surface area contributed by atoms with Crippen LogP contribution in [0.5, 0.6) is 0 Å². The molecule has 116 valence electrons. The predicted molar refractivity (Wildman–Crippen MR) is 89.9 cm³/mol. The third kappa shape index (κ3) is 3.52. The van der Waals surface area contributed by atoms with Crippen LogP contribution in [-0.2, 0) is 4.74 Å². The van der Waals surface area contributed by atoms with E-state index in [0.29, 0.717) is 16.0 Å². The third-order valence-electron chi connectivity index (χ3n) is 4.49. The monoisotopic (exact) mass is 346 g/mol. The summed E-state index contributed by atoms with van der Waals surface area (Å²) in [7, 11) is 0. The van der Waals surface area contributed by atoms with Crippen LogP contribution in [-0.4, -0.2) is 23.7 Å². The van der Waals surface area contributed by atoms with Gasteiger partial charge in [-0.2, -0.15) is 11.8 Å². The van der Waals surface area contributed by atoms with Gasteiger partial charge in [0, 0.05) is 28.4 Å². The first kappa shape index (κ1) is 15.9. The number of hydrogen-bond acceptors (Lipinski definition) is 4. The van der Waals surface area contributed by atoms with Crippen LogP contribution in [0.25, 0.3) is 0 Å². The average Bonchev–Trinajstić information content (AvgIpc) is 2.86. The van der Waals surface area contributed by atoms with Gasteiger partial charge in [-0.15, -0.1) is 0 Å². The molecular formula is C15H20Cl2N2OS. The maximum Gasteiger partial charge on any atom is 0.0783 e. The molecule has 1 spiro atoms. The van der Waals surface area contributed by atoms with Crippen molar-refractivity contribution in [3.8, 4) is 0 Å². The summed E-state index contributed by atoms with van der Waals surface area (Å²) in [5.74, 6) is 8.57. The van der Waals surface area contributed by atoms with Crippen molar-refractivity contribution < 1.29 is 4.74 Å². The van der Waals surface area contributed by atoms with Gasteiger partial charge in [0.15, 0.2) is 0 Å². The van der Waals surface area contributed by atoms with Gasteiger partial charge in [-0.05, 0) is 54.7 Å². The maximum atomic E-state index is 6.13. The van der Waals surface area contributed by atoms with Gasteiger partial charge in [-0.1, -0.05) is 23.2 Å². The average molecular weight is 347 g/mol. The van der Waals surface area contributed by atoms with Crippen LogP contribution < -0.4 is 11.3 Å². The Morgan fingerprint density at radius 3 is 2.71 bits per heavy atom. The highest BCUT2D eigenvalue weighted by molar-refractivity contribution is 7.99. The van der Waals surface area contributed by atoms with E-state index in [-0.39, 0.29) is 11.6 Å². The molecule has 2 heterocycles. The molecule has 3 atom stereocenters. The van der Waals surface area contributed by atoms with E-state index in [2.05, 4.69) is 5.43 Å². The number of benzene rings is 1. The molecule has 1 aromatic rings. The zero-order chi connectivity index (χ0) is 14.9. The Hall–Kier alpha value is 0.0300. The van der Waals surface area contributed by atoms with Gasteiger partial charge in [0.2, 0.25) is 0 Å². The number of halogens is 2. The SMILES string of the molecule is NNC(c1cc(Cl)cc(Cl)c1)C1CCOC2(CCSC2)C1. The van der Waals surface area contributed by atoms with E-state index in [1.807, 2.05) is 23.9 Å². The molecule has 2 aliphatic rings. The van der Waals surface area contributed by atoms with Crippen molar-refractivity contribution in [2.75, 3.05) is 18.1 Å². The van der Waals surface area contributed by atoms with E-state index in [1.165, 1.54) is 5.75 Å². The van der Waals surface area contributed by atoms with Crippen molar-refractivity contribution in [2.45, 2.75) is 30.9 Å². The largest absolute Gasteiger partial charge is 0.374 e. The number of nitrogens with one attached hydrogen (secondary N) is 1. The molecule has 0 saturated carbocycles. The number of thioether (sulfide) groups is 1. The minimum Gasteiger partial charge on any atom is -0.374 e. The molecule has 0 radical (unpaired) electrons. The quantitative estimate of drug-likeness (QED) is 0.645. The fraction of sp³-hybridized carbons (Fsp3) is 0.600. The number of hydrogen-bond donors (Lipinski definition) is 2. The van der Waals surface area contributed by atoms with Gasteiger partial charge < -0.3 is 4.74 Å². The molecule has 2 saturated heterocycles. The Balaban J connectivity index is 1.82. The van der Waals surface area contributed by atoms with Crippen LogP contribution in [0.15, 0.2) is 18.2 Å². The van der Waals surface area contributed by atoms with E-state index in [4.69, 9.17) is 33.8 Å². The lowest BCUT2D eigenvalue weighted by atomic mass is 9.79. The molecule has 3 N–H and O–H groups in total. The lowest BCUT2D eigenvalue weighted by Gasteiger charge is -2.41. The Kier molecular flexibility index (Phi) is 5.04. The first-order valence-electron chi connectivity index (χ1n) is 7.26. The topological polar surface area (TPSA) is 47.3 Å². The molecule has 2 aliphatic heterocycles. The molecule has 0 aliphatic carbocycles. The van der Waals surface area contributed by atoms with Crippen molar-refractivity contribution in [1.29, 1.82) is 0 Å². The van der Waals surface area contributed by atoms with Crippen LogP contribution in [0.4, 0.5) is 0 Å². The van der Waals surface area contributed by atoms with Crippen molar-refractivity contribution in [2.24, 2.45) is 11.8 Å². The number of rotatable bonds is 3. The lowest BCUT2D eigenvalue weighted by Crippen LogP contribution is -2.45. The second-order valence-electron chi connectivity index (χ2n) is 5.93. The third-order valence-corrected chi connectivity index (χ3v) is 6.15. The molecule has 1 aromatic carbocycles. The summed E-state index contributed by atoms with van der Waals surface area (Å²) in [6, 6.07) is 5.71. The zero-order valence-electron chi connectivity index (χ0n) is 11.8. The minimum absolute atomic E-state index is 0.0467. The molecular weight excluding hydrogens is 327 g/mol. The number of nitrogens with two attached hydrogens (primary N) is 1. The Morgan fingerprint density at radius 1 is 1.33 bits per heavy atom. The molecule has 3 nitrogen and oxygen atoms in total. The molecule has 2 fully saturated rings. The molecule has 6 heteroatoms. The second-order valence-corrected chi connectivity index (χ2v) is 7.91. The fourth-order valence-electron chi connectivity index (χ4n) is 3.47. The minimum atomic E-state index is 0.0467. The smallest absolute Gasteiger partial charge is 0.0783 e. The fourth-order valence-corrected chi connectivity index (χ4v) is 5.39. The van der Waals surface area contributed by atoms with Crippen LogP contribution >= 0.6 is 35.0 Å². The summed E-state index contributed by atoms with van der Waals surface area (Å²) < 4.78 is 6.09. The van der Waals surface area contributed by atoms with Crippen LogP contribution in [0.2, 0.25) is 10.0 Å². The molecule has 3 rings (SSSR count). The molecule has 3 unspecified atom stereocenters. The summed E-state index contributed by atoms with van der Waals surface area (Å²) in [5.41, 5.74) is 4.07. The van der Waals surface area contributed by atoms with Gasteiger partial charge >= 0.3 is 0 Å². The Morgan fingerprint density at radius 2 is 2.10 bits per heavy atom. The molecule has 0 bridgehead atoms. The van der Waals surface area contributed by atoms with Crippen molar-refractivity contribution in [3.05, 3.63) is 33.8 Å². The van der Waals surface area contributed by atoms with E-state index in [9.17, 15) is 0 Å².